The fraction of sp³-hybridized carbons (Fsp3) is 0.267. The number of thiol groups is 1. The fourth-order valence-electron chi connectivity index (χ4n) is 2.06. The molecule has 0 amide bonds. The second-order valence-corrected chi connectivity index (χ2v) is 6.11. The van der Waals surface area contributed by atoms with Gasteiger partial charge in [-0.25, -0.2) is 9.37 Å². The first-order valence-electron chi connectivity index (χ1n) is 6.64. The number of hydrogen-bond acceptors (Lipinski definition) is 4. The van der Waals surface area contributed by atoms with Crippen LogP contribution in [0.5, 0.6) is 5.75 Å². The van der Waals surface area contributed by atoms with Crippen molar-refractivity contribution in [2.75, 3.05) is 13.7 Å². The highest BCUT2D eigenvalue weighted by molar-refractivity contribution is 7.81. The fourth-order valence-corrected chi connectivity index (χ4v) is 2.36. The topological polar surface area (TPSA) is 48.1 Å². The van der Waals surface area contributed by atoms with Gasteiger partial charge in [0.25, 0.3) is 0 Å². The lowest BCUT2D eigenvalue weighted by molar-refractivity contribution is -0.159. The summed E-state index contributed by atoms with van der Waals surface area (Å²) in [6.07, 6.45) is -4.72. The second kappa shape index (κ2) is 6.78. The molecule has 1 atom stereocenters. The molecule has 0 saturated heterocycles. The van der Waals surface area contributed by atoms with Crippen LogP contribution in [0.3, 0.4) is 0 Å². The molecule has 1 heterocycles. The summed E-state index contributed by atoms with van der Waals surface area (Å²) < 4.78 is 55.8. The van der Waals surface area contributed by atoms with Crippen LogP contribution in [0.4, 0.5) is 17.6 Å². The highest BCUT2D eigenvalue weighted by Gasteiger charge is 2.54. The summed E-state index contributed by atoms with van der Waals surface area (Å²) in [6, 6.07) is 6.14. The summed E-state index contributed by atoms with van der Waals surface area (Å²) in [5.74, 6) is -0.451. The van der Waals surface area contributed by atoms with Crippen LogP contribution < -0.4 is 10.5 Å². The van der Waals surface area contributed by atoms with Gasteiger partial charge in [-0.3, -0.25) is 0 Å². The molecular weight excluding hydrogens is 368 g/mol. The Kier molecular flexibility index (Phi) is 5.31. The number of alkyl halides is 3. The Labute approximate surface area is 146 Å². The predicted molar refractivity (Wildman–Crippen MR) is 87.0 cm³/mol. The van der Waals surface area contributed by atoms with E-state index in [1.807, 2.05) is 0 Å². The van der Waals surface area contributed by atoms with Crippen LogP contribution in [0.1, 0.15) is 5.69 Å². The van der Waals surface area contributed by atoms with Gasteiger partial charge in [0, 0.05) is 12.1 Å². The standard InChI is InChI=1S/C15H13ClF4N2OS/c1-23-11-4-5-12(14(24,7-21)15(18,19)20)22-13(11)8-2-3-10(17)9(16)6-8/h2-6,24H,7,21H2,1H3. The Hall–Kier alpha value is -1.51. The summed E-state index contributed by atoms with van der Waals surface area (Å²) in [4.78, 5) is 4.01. The van der Waals surface area contributed by atoms with E-state index in [9.17, 15) is 17.6 Å². The lowest BCUT2D eigenvalue weighted by atomic mass is 10.0. The first-order valence-corrected chi connectivity index (χ1v) is 7.46. The van der Waals surface area contributed by atoms with Crippen molar-refractivity contribution in [3.63, 3.8) is 0 Å². The molecule has 1 unspecified atom stereocenters. The summed E-state index contributed by atoms with van der Waals surface area (Å²) in [7, 11) is 1.34. The molecule has 0 fully saturated rings. The zero-order valence-corrected chi connectivity index (χ0v) is 14.0. The molecule has 130 valence electrons. The van der Waals surface area contributed by atoms with Gasteiger partial charge in [0.05, 0.1) is 17.8 Å². The summed E-state index contributed by atoms with van der Waals surface area (Å²) in [6.45, 7) is -0.803. The van der Waals surface area contributed by atoms with Crippen LogP contribution in [0.2, 0.25) is 5.02 Å². The van der Waals surface area contributed by atoms with Crippen LogP contribution in [-0.2, 0) is 4.75 Å². The molecular formula is C15H13ClF4N2OS. The van der Waals surface area contributed by atoms with Gasteiger partial charge in [-0.2, -0.15) is 25.8 Å². The molecule has 2 aromatic rings. The molecule has 0 aliphatic heterocycles. The van der Waals surface area contributed by atoms with Crippen molar-refractivity contribution in [2.24, 2.45) is 5.73 Å². The minimum Gasteiger partial charge on any atom is -0.494 e. The van der Waals surface area contributed by atoms with Gasteiger partial charge < -0.3 is 10.5 Å². The number of ether oxygens (including phenoxy) is 1. The van der Waals surface area contributed by atoms with Gasteiger partial charge >= 0.3 is 6.18 Å². The number of nitrogens with two attached hydrogens (primary N) is 1. The van der Waals surface area contributed by atoms with Crippen LogP contribution in [-0.4, -0.2) is 24.8 Å². The first kappa shape index (κ1) is 18.8. The average molecular weight is 381 g/mol. The smallest absolute Gasteiger partial charge is 0.409 e. The Morgan fingerprint density at radius 3 is 2.42 bits per heavy atom. The van der Waals surface area contributed by atoms with E-state index in [1.54, 1.807) is 0 Å². The van der Waals surface area contributed by atoms with Gasteiger partial charge in [-0.15, -0.1) is 0 Å². The maximum Gasteiger partial charge on any atom is 0.409 e. The van der Waals surface area contributed by atoms with Crippen molar-refractivity contribution in [3.05, 3.63) is 46.9 Å². The zero-order valence-electron chi connectivity index (χ0n) is 12.4. The molecule has 2 N–H and O–H groups in total. The van der Waals surface area contributed by atoms with Crippen LogP contribution in [0, 0.1) is 5.82 Å². The molecule has 0 aliphatic rings. The number of nitrogens with zero attached hydrogens (tertiary/aromatic N) is 1. The maximum atomic E-state index is 13.3. The quantitative estimate of drug-likeness (QED) is 0.617. The molecule has 1 aromatic heterocycles. The van der Waals surface area contributed by atoms with Crippen LogP contribution >= 0.6 is 24.2 Å². The number of benzene rings is 1. The van der Waals surface area contributed by atoms with Gasteiger partial charge in [-0.1, -0.05) is 11.6 Å². The number of hydrogen-bond donors (Lipinski definition) is 2. The highest BCUT2D eigenvalue weighted by Crippen LogP contribution is 2.44. The number of aromatic nitrogens is 1. The van der Waals surface area contributed by atoms with E-state index in [0.717, 1.165) is 12.1 Å². The maximum absolute atomic E-state index is 13.3. The molecule has 0 radical (unpaired) electrons. The van der Waals surface area contributed by atoms with Crippen molar-refractivity contribution >= 4 is 24.2 Å². The second-order valence-electron chi connectivity index (χ2n) is 4.94. The first-order chi connectivity index (χ1) is 11.1. The average Bonchev–Trinajstić information content (AvgIpc) is 2.55. The Bertz CT molecular complexity index is 757. The zero-order chi connectivity index (χ0) is 18.1. The largest absolute Gasteiger partial charge is 0.494 e. The normalized spacial score (nSPS) is 14.3. The molecule has 0 bridgehead atoms. The van der Waals surface area contributed by atoms with E-state index >= 15 is 0 Å². The Morgan fingerprint density at radius 2 is 1.92 bits per heavy atom. The molecule has 9 heteroatoms. The molecule has 1 aromatic carbocycles. The van der Waals surface area contributed by atoms with E-state index in [4.69, 9.17) is 22.1 Å². The molecule has 24 heavy (non-hydrogen) atoms. The lowest BCUT2D eigenvalue weighted by Crippen LogP contribution is -2.44. The third-order valence-electron chi connectivity index (χ3n) is 3.46. The Balaban J connectivity index is 2.66. The van der Waals surface area contributed by atoms with E-state index in [-0.39, 0.29) is 16.5 Å². The van der Waals surface area contributed by atoms with E-state index in [0.29, 0.717) is 5.56 Å². The SMILES string of the molecule is COc1ccc(C(S)(CN)C(F)(F)F)nc1-c1ccc(F)c(Cl)c1. The van der Waals surface area contributed by atoms with E-state index < -0.39 is 29.0 Å². The monoisotopic (exact) mass is 380 g/mol. The third-order valence-corrected chi connectivity index (χ3v) is 4.41. The summed E-state index contributed by atoms with van der Waals surface area (Å²) in [5.41, 5.74) is 5.28. The predicted octanol–water partition coefficient (Wildman–Crippen LogP) is 4.20. The summed E-state index contributed by atoms with van der Waals surface area (Å²) >= 11 is 9.44. The van der Waals surface area contributed by atoms with Crippen LogP contribution in [0.25, 0.3) is 11.3 Å². The molecule has 3 nitrogen and oxygen atoms in total. The van der Waals surface area contributed by atoms with E-state index in [1.165, 1.54) is 25.3 Å². The number of pyridine rings is 1. The van der Waals surface area contributed by atoms with Gasteiger partial charge in [0.1, 0.15) is 17.3 Å². The molecule has 0 aliphatic carbocycles. The number of halogens is 5. The minimum absolute atomic E-state index is 0.0769. The van der Waals surface area contributed by atoms with Crippen molar-refractivity contribution < 1.29 is 22.3 Å². The van der Waals surface area contributed by atoms with Gasteiger partial charge in [-0.05, 0) is 30.3 Å². The van der Waals surface area contributed by atoms with Crippen molar-refractivity contribution in [1.29, 1.82) is 0 Å². The third kappa shape index (κ3) is 3.31. The number of methoxy groups -OCH3 is 1. The Morgan fingerprint density at radius 1 is 1.25 bits per heavy atom. The number of rotatable bonds is 4. The lowest BCUT2D eigenvalue weighted by Gasteiger charge is -2.29. The van der Waals surface area contributed by atoms with Crippen molar-refractivity contribution in [2.45, 2.75) is 10.9 Å². The molecule has 0 spiro atoms. The molecule has 0 saturated carbocycles. The van der Waals surface area contributed by atoms with Crippen molar-refractivity contribution in [1.82, 2.24) is 4.98 Å². The summed E-state index contributed by atoms with van der Waals surface area (Å²) in [5, 5.41) is -0.187. The van der Waals surface area contributed by atoms with Crippen LogP contribution in [0.15, 0.2) is 30.3 Å². The highest BCUT2D eigenvalue weighted by atomic mass is 35.5. The van der Waals surface area contributed by atoms with Gasteiger partial charge in [0.15, 0.2) is 4.75 Å². The van der Waals surface area contributed by atoms with Crippen molar-refractivity contribution in [3.8, 4) is 17.0 Å². The van der Waals surface area contributed by atoms with E-state index in [2.05, 4.69) is 17.6 Å². The minimum atomic E-state index is -4.72. The van der Waals surface area contributed by atoms with Gasteiger partial charge in [0.2, 0.25) is 0 Å². The molecule has 2 rings (SSSR count).